The van der Waals surface area contributed by atoms with E-state index in [1.54, 1.807) is 6.92 Å². The molecule has 0 bridgehead atoms. The zero-order valence-electron chi connectivity index (χ0n) is 17.0. The van der Waals surface area contributed by atoms with E-state index in [1.165, 1.54) is 54.6 Å². The van der Waals surface area contributed by atoms with Gasteiger partial charge in [-0.1, -0.05) is 0 Å². The van der Waals surface area contributed by atoms with Crippen LogP contribution in [0.15, 0.2) is 59.5 Å². The Kier molecular flexibility index (Phi) is 7.01. The summed E-state index contributed by atoms with van der Waals surface area (Å²) in [6, 6.07) is 12.2. The van der Waals surface area contributed by atoms with Crippen LogP contribution in [-0.4, -0.2) is 38.6 Å². The zero-order chi connectivity index (χ0) is 24.2. The van der Waals surface area contributed by atoms with Crippen molar-refractivity contribution in [1.29, 1.82) is 0 Å². The monoisotopic (exact) mass is 490 g/mol. The van der Waals surface area contributed by atoms with Crippen LogP contribution in [0.2, 0.25) is 0 Å². The molecule has 3 aromatic rings. The highest BCUT2D eigenvalue weighted by molar-refractivity contribution is 7.89. The lowest BCUT2D eigenvalue weighted by molar-refractivity contribution is 0.101. The smallest absolute Gasteiger partial charge is 0.258 e. The summed E-state index contributed by atoms with van der Waals surface area (Å²) in [5.41, 5.74) is 1.16. The summed E-state index contributed by atoms with van der Waals surface area (Å²) < 4.78 is 46.2. The van der Waals surface area contributed by atoms with Crippen LogP contribution in [0.25, 0.3) is 0 Å². The molecule has 1 aromatic heterocycles. The first-order chi connectivity index (χ1) is 15.5. The summed E-state index contributed by atoms with van der Waals surface area (Å²) in [7, 11) is -6.70. The average Bonchev–Trinajstić information content (AvgIpc) is 2.73. The second kappa shape index (κ2) is 9.72. The molecule has 0 aliphatic carbocycles. The Morgan fingerprint density at radius 2 is 1.42 bits per heavy atom. The van der Waals surface area contributed by atoms with Crippen LogP contribution in [0.1, 0.15) is 26.4 Å². The standard InChI is InChI=1S/C19H18N6O6S2/c1-11-10-16(22-17(26)12-2-6-14(7-3-12)25-32(28)29)23-19(21-11)24-18(27)13-4-8-15(9-5-13)33(20,30)31/h2-10,32H,1H3,(H2,20,30,31)(H,25,28,29)(H2,21,22,23,24,26,27). The van der Waals surface area contributed by atoms with Crippen LogP contribution >= 0.6 is 0 Å². The van der Waals surface area contributed by atoms with Crippen molar-refractivity contribution in [3.05, 3.63) is 71.4 Å². The minimum Gasteiger partial charge on any atom is -0.306 e. The van der Waals surface area contributed by atoms with E-state index in [9.17, 15) is 26.4 Å². The van der Waals surface area contributed by atoms with Gasteiger partial charge >= 0.3 is 0 Å². The summed E-state index contributed by atoms with van der Waals surface area (Å²) in [6.45, 7) is 1.64. The third-order valence-electron chi connectivity index (χ3n) is 4.13. The Labute approximate surface area is 190 Å². The number of sulfonamides is 1. The van der Waals surface area contributed by atoms with Gasteiger partial charge in [-0.2, -0.15) is 4.98 Å². The Bertz CT molecular complexity index is 1380. The largest absolute Gasteiger partial charge is 0.306 e. The van der Waals surface area contributed by atoms with Crippen molar-refractivity contribution in [3.63, 3.8) is 0 Å². The van der Waals surface area contributed by atoms with Gasteiger partial charge in [0, 0.05) is 28.6 Å². The first-order valence-corrected chi connectivity index (χ1v) is 11.9. The molecule has 33 heavy (non-hydrogen) atoms. The zero-order valence-corrected chi connectivity index (χ0v) is 18.7. The van der Waals surface area contributed by atoms with Crippen LogP contribution in [0.5, 0.6) is 0 Å². The van der Waals surface area contributed by atoms with E-state index in [4.69, 9.17) is 5.14 Å². The highest BCUT2D eigenvalue weighted by Crippen LogP contribution is 2.15. The number of hydrogen-bond donors (Lipinski definition) is 5. The van der Waals surface area contributed by atoms with E-state index in [0.717, 1.165) is 0 Å². The molecule has 0 aliphatic heterocycles. The van der Waals surface area contributed by atoms with E-state index in [-0.39, 0.29) is 27.8 Å². The quantitative estimate of drug-likeness (QED) is 0.301. The third kappa shape index (κ3) is 6.55. The molecule has 2 aromatic carbocycles. The lowest BCUT2D eigenvalue weighted by Crippen LogP contribution is -2.18. The van der Waals surface area contributed by atoms with Gasteiger partial charge in [0.1, 0.15) is 5.82 Å². The number of anilines is 3. The molecule has 0 spiro atoms. The second-order valence-corrected chi connectivity index (χ2v) is 8.94. The van der Waals surface area contributed by atoms with Crippen molar-refractivity contribution >= 4 is 50.2 Å². The fourth-order valence-electron chi connectivity index (χ4n) is 2.65. The number of benzene rings is 2. The van der Waals surface area contributed by atoms with Gasteiger partial charge in [-0.15, -0.1) is 0 Å². The van der Waals surface area contributed by atoms with Crippen LogP contribution in [0.3, 0.4) is 0 Å². The van der Waals surface area contributed by atoms with E-state index in [0.29, 0.717) is 11.4 Å². The Balaban J connectivity index is 1.72. The molecule has 14 heteroatoms. The number of carbonyl (C=O) groups is 2. The molecule has 0 unspecified atom stereocenters. The van der Waals surface area contributed by atoms with Crippen molar-refractivity contribution < 1.29 is 26.4 Å². The van der Waals surface area contributed by atoms with Crippen molar-refractivity contribution in [2.45, 2.75) is 11.8 Å². The normalized spacial score (nSPS) is 11.1. The van der Waals surface area contributed by atoms with E-state index >= 15 is 0 Å². The van der Waals surface area contributed by atoms with Gasteiger partial charge < -0.3 is 5.32 Å². The Morgan fingerprint density at radius 1 is 0.879 bits per heavy atom. The van der Waals surface area contributed by atoms with Crippen molar-refractivity contribution in [3.8, 4) is 0 Å². The highest BCUT2D eigenvalue weighted by Gasteiger charge is 2.14. The second-order valence-electron chi connectivity index (χ2n) is 6.64. The van der Waals surface area contributed by atoms with Gasteiger partial charge in [0.2, 0.25) is 26.9 Å². The van der Waals surface area contributed by atoms with E-state index in [1.807, 2.05) is 0 Å². The van der Waals surface area contributed by atoms with E-state index in [2.05, 4.69) is 25.3 Å². The van der Waals surface area contributed by atoms with Gasteiger partial charge in [0.15, 0.2) is 0 Å². The molecule has 3 rings (SSSR count). The number of carbonyl (C=O) groups excluding carboxylic acids is 2. The minimum atomic E-state index is -3.88. The molecule has 0 radical (unpaired) electrons. The predicted octanol–water partition coefficient (Wildman–Crippen LogP) is 0.875. The summed E-state index contributed by atoms with van der Waals surface area (Å²) >= 11 is 0. The van der Waals surface area contributed by atoms with E-state index < -0.39 is 32.7 Å². The first-order valence-electron chi connectivity index (χ1n) is 9.13. The molecule has 12 nitrogen and oxygen atoms in total. The van der Waals surface area contributed by atoms with Crippen LogP contribution in [-0.2, 0) is 20.9 Å². The number of nitrogens with two attached hydrogens (primary N) is 1. The summed E-state index contributed by atoms with van der Waals surface area (Å²) in [6.07, 6.45) is 0. The summed E-state index contributed by atoms with van der Waals surface area (Å²) in [5.74, 6) is -1.07. The van der Waals surface area contributed by atoms with Gasteiger partial charge in [-0.25, -0.2) is 27.0 Å². The molecular formula is C19H18N6O6S2. The third-order valence-corrected chi connectivity index (χ3v) is 5.50. The predicted molar refractivity (Wildman–Crippen MR) is 121 cm³/mol. The molecule has 0 fully saturated rings. The van der Waals surface area contributed by atoms with Crippen LogP contribution in [0, 0.1) is 6.92 Å². The number of nitrogens with zero attached hydrogens (tertiary/aromatic N) is 2. The molecule has 172 valence electrons. The fourth-order valence-corrected chi connectivity index (χ4v) is 3.52. The Hall–Kier alpha value is -3.88. The van der Waals surface area contributed by atoms with Gasteiger partial charge in [-0.05, 0) is 55.5 Å². The maximum atomic E-state index is 12.5. The number of aromatic nitrogens is 2. The molecular weight excluding hydrogens is 472 g/mol. The van der Waals surface area contributed by atoms with Crippen molar-refractivity contribution in [1.82, 2.24) is 9.97 Å². The van der Waals surface area contributed by atoms with Crippen LogP contribution in [0.4, 0.5) is 17.5 Å². The summed E-state index contributed by atoms with van der Waals surface area (Å²) in [5, 5.41) is 10.1. The molecule has 1 heterocycles. The molecule has 0 atom stereocenters. The number of nitrogens with one attached hydrogen (secondary N) is 3. The van der Waals surface area contributed by atoms with Gasteiger partial charge in [0.05, 0.1) is 4.90 Å². The number of hydrogen-bond acceptors (Lipinski definition) is 8. The molecule has 0 saturated heterocycles. The molecule has 5 N–H and O–H groups in total. The molecule has 2 amide bonds. The number of amides is 2. The Morgan fingerprint density at radius 3 is 1.97 bits per heavy atom. The minimum absolute atomic E-state index is 0.0791. The number of rotatable bonds is 7. The fraction of sp³-hybridized carbons (Fsp3) is 0.0526. The van der Waals surface area contributed by atoms with Crippen LogP contribution < -0.4 is 20.5 Å². The number of thiol groups is 1. The molecule has 0 saturated carbocycles. The van der Waals surface area contributed by atoms with Crippen molar-refractivity contribution in [2.24, 2.45) is 5.14 Å². The topological polar surface area (TPSA) is 190 Å². The maximum absolute atomic E-state index is 12.5. The first kappa shape index (κ1) is 23.8. The highest BCUT2D eigenvalue weighted by atomic mass is 32.2. The maximum Gasteiger partial charge on any atom is 0.258 e. The average molecular weight is 491 g/mol. The lowest BCUT2D eigenvalue weighted by Gasteiger charge is -2.09. The lowest BCUT2D eigenvalue weighted by atomic mass is 10.2. The van der Waals surface area contributed by atoms with Gasteiger partial charge in [0.25, 0.3) is 11.8 Å². The number of primary sulfonamides is 1. The summed E-state index contributed by atoms with van der Waals surface area (Å²) in [4.78, 5) is 33.0. The van der Waals surface area contributed by atoms with Gasteiger partial charge in [-0.3, -0.25) is 19.6 Å². The SMILES string of the molecule is Cc1cc(NC(=O)c2ccc(N[SH](=O)=O)cc2)nc(NC(=O)c2ccc(S(N)(=O)=O)cc2)n1. The number of aryl methyl sites for hydroxylation is 1. The van der Waals surface area contributed by atoms with Crippen molar-refractivity contribution in [2.75, 3.05) is 15.4 Å². The molecule has 0 aliphatic rings.